The van der Waals surface area contributed by atoms with Gasteiger partial charge in [0.05, 0.1) is 11.4 Å². The Balaban J connectivity index is 1.46. The fourth-order valence-electron chi connectivity index (χ4n) is 5.25. The summed E-state index contributed by atoms with van der Waals surface area (Å²) in [6.45, 7) is 4.18. The Kier molecular flexibility index (Phi) is 8.82. The number of carbonyl (C=O) groups is 1. The smallest absolute Gasteiger partial charge is 0.241 e. The highest BCUT2D eigenvalue weighted by Crippen LogP contribution is 2.35. The fourth-order valence-corrected chi connectivity index (χ4v) is 6.83. The molecule has 0 spiro atoms. The number of aromatic nitrogens is 2. The van der Waals surface area contributed by atoms with Crippen molar-refractivity contribution in [1.29, 1.82) is 0 Å². The standard InChI is InChI=1S/C32H34ClN4O3S/c1-22(25-8-4-3-5-9-25)16-32(38)37(21-24-19-34-23(2)35-20-24)28-15-14-26-10-6-13-31(30(26)18-28)36-41(39,40)29-12-7-11-27(33)17-29/h3-5,7-9,11-12,14-15,17-20,22,31,33,36H,6,10,13,16,21H2,1-2H3/q+1/t22-,31-/m0/s1. The van der Waals surface area contributed by atoms with E-state index in [4.69, 9.17) is 11.6 Å². The van der Waals surface area contributed by atoms with Crippen molar-refractivity contribution in [3.63, 3.8) is 0 Å². The Bertz CT molecular complexity index is 1630. The van der Waals surface area contributed by atoms with Crippen molar-refractivity contribution in [2.24, 2.45) is 0 Å². The number of amides is 1. The molecule has 1 heterocycles. The molecular formula is C32H34ClN4O3S+. The summed E-state index contributed by atoms with van der Waals surface area (Å²) in [5.41, 5.74) is 4.60. The van der Waals surface area contributed by atoms with Gasteiger partial charge in [-0.3, -0.25) is 4.79 Å². The summed E-state index contributed by atoms with van der Waals surface area (Å²) in [4.78, 5) is 24.4. The molecule has 1 N–H and O–H groups in total. The summed E-state index contributed by atoms with van der Waals surface area (Å²) in [5, 5.41) is 0.471. The van der Waals surface area contributed by atoms with Crippen molar-refractivity contribution in [3.05, 3.63) is 118 Å². The summed E-state index contributed by atoms with van der Waals surface area (Å²) in [7, 11) is -3.79. The van der Waals surface area contributed by atoms with Gasteiger partial charge in [-0.05, 0) is 67.0 Å². The van der Waals surface area contributed by atoms with E-state index in [1.807, 2.05) is 55.5 Å². The Morgan fingerprint density at radius 3 is 2.54 bits per heavy atom. The topological polar surface area (TPSA) is 92.3 Å². The zero-order valence-corrected chi connectivity index (χ0v) is 24.8. The lowest BCUT2D eigenvalue weighted by molar-refractivity contribution is -0.289. The number of aryl methyl sites for hydroxylation is 2. The van der Waals surface area contributed by atoms with Gasteiger partial charge in [-0.15, -0.1) is 0 Å². The number of nitrogens with one attached hydrogen (secondary N) is 1. The SMILES string of the molecule is Cc1ncc(CN(C(=O)C[C@H](C)c2ccccc2)c2ccc3c(c2)[C@@H](NS(=O)(=O)c2cccc([ClH+])c2)CCC3)cn1. The van der Waals surface area contributed by atoms with Crippen LogP contribution in [0.15, 0.2) is 90.1 Å². The molecule has 212 valence electrons. The molecular weight excluding hydrogens is 556 g/mol. The molecule has 0 aliphatic heterocycles. The van der Waals surface area contributed by atoms with Gasteiger partial charge in [0.25, 0.3) is 0 Å². The van der Waals surface area contributed by atoms with Gasteiger partial charge in [0.2, 0.25) is 21.0 Å². The lowest BCUT2D eigenvalue weighted by Gasteiger charge is -2.30. The minimum absolute atomic E-state index is 0.0257. The average molecular weight is 590 g/mol. The minimum Gasteiger partial charge on any atom is -0.308 e. The van der Waals surface area contributed by atoms with Crippen LogP contribution < -0.4 is 9.62 Å². The van der Waals surface area contributed by atoms with E-state index < -0.39 is 16.1 Å². The van der Waals surface area contributed by atoms with Crippen molar-refractivity contribution in [2.75, 3.05) is 4.90 Å². The van der Waals surface area contributed by atoms with Crippen LogP contribution in [0.3, 0.4) is 0 Å². The molecule has 0 saturated heterocycles. The average Bonchev–Trinajstić information content (AvgIpc) is 2.97. The van der Waals surface area contributed by atoms with E-state index in [2.05, 4.69) is 21.6 Å². The number of nitrogens with zero attached hydrogens (tertiary/aromatic N) is 3. The first kappa shape index (κ1) is 28.9. The third-order valence-corrected chi connectivity index (χ3v) is 9.22. The number of hydrogen-bond acceptors (Lipinski definition) is 5. The number of rotatable bonds is 9. The van der Waals surface area contributed by atoms with Gasteiger partial charge in [0.1, 0.15) is 5.82 Å². The highest BCUT2D eigenvalue weighted by Gasteiger charge is 2.28. The van der Waals surface area contributed by atoms with Crippen molar-refractivity contribution < 1.29 is 24.8 Å². The number of fused-ring (bicyclic) bond motifs is 1. The Labute approximate surface area is 246 Å². The molecule has 0 saturated carbocycles. The van der Waals surface area contributed by atoms with Crippen LogP contribution in [0.4, 0.5) is 5.69 Å². The zero-order valence-electron chi connectivity index (χ0n) is 23.2. The molecule has 2 atom stereocenters. The van der Waals surface area contributed by atoms with E-state index in [0.29, 0.717) is 35.9 Å². The predicted octanol–water partition coefficient (Wildman–Crippen LogP) is 5.56. The van der Waals surface area contributed by atoms with E-state index in [9.17, 15) is 13.2 Å². The van der Waals surface area contributed by atoms with E-state index in [1.54, 1.807) is 35.5 Å². The Morgan fingerprint density at radius 2 is 1.80 bits per heavy atom. The van der Waals surface area contributed by atoms with Gasteiger partial charge in [0, 0.05) is 48.2 Å². The molecule has 41 heavy (non-hydrogen) atoms. The summed E-state index contributed by atoms with van der Waals surface area (Å²) < 4.78 is 29.5. The minimum atomic E-state index is -3.79. The van der Waals surface area contributed by atoms with Crippen molar-refractivity contribution in [2.45, 2.75) is 62.9 Å². The second kappa shape index (κ2) is 12.5. The number of sulfonamides is 1. The van der Waals surface area contributed by atoms with Gasteiger partial charge in [-0.1, -0.05) is 49.4 Å². The normalized spacial score (nSPS) is 15.6. The molecule has 5 rings (SSSR count). The molecule has 0 unspecified atom stereocenters. The maximum Gasteiger partial charge on any atom is 0.241 e. The van der Waals surface area contributed by atoms with Gasteiger partial charge in [-0.2, -0.15) is 0 Å². The van der Waals surface area contributed by atoms with Crippen molar-refractivity contribution in [3.8, 4) is 0 Å². The molecule has 1 aromatic heterocycles. The van der Waals surface area contributed by atoms with E-state index in [1.165, 1.54) is 6.07 Å². The molecule has 1 aliphatic rings. The number of anilines is 1. The summed E-state index contributed by atoms with van der Waals surface area (Å²) >= 11 is 5.19. The summed E-state index contributed by atoms with van der Waals surface area (Å²) in [6.07, 6.45) is 6.17. The Morgan fingerprint density at radius 1 is 1.05 bits per heavy atom. The van der Waals surface area contributed by atoms with Crippen LogP contribution in [0, 0.1) is 18.5 Å². The van der Waals surface area contributed by atoms with Crippen LogP contribution in [0.25, 0.3) is 0 Å². The van der Waals surface area contributed by atoms with E-state index >= 15 is 0 Å². The molecule has 0 radical (unpaired) electrons. The van der Waals surface area contributed by atoms with Gasteiger partial charge < -0.3 is 4.90 Å². The second-order valence-corrected chi connectivity index (χ2v) is 12.7. The molecule has 9 heteroatoms. The first-order chi connectivity index (χ1) is 19.7. The molecule has 1 aliphatic carbocycles. The molecule has 3 aromatic carbocycles. The third-order valence-electron chi connectivity index (χ3n) is 7.49. The van der Waals surface area contributed by atoms with Gasteiger partial charge in [-0.25, -0.2) is 23.1 Å². The predicted molar refractivity (Wildman–Crippen MR) is 157 cm³/mol. The first-order valence-electron chi connectivity index (χ1n) is 13.7. The third kappa shape index (κ3) is 7.01. The lowest BCUT2D eigenvalue weighted by Crippen LogP contribution is -2.33. The lowest BCUT2D eigenvalue weighted by atomic mass is 9.87. The van der Waals surface area contributed by atoms with Crippen LogP contribution in [0.2, 0.25) is 5.02 Å². The second-order valence-electron chi connectivity index (χ2n) is 10.6. The van der Waals surface area contributed by atoms with Gasteiger partial charge in [0.15, 0.2) is 11.6 Å². The first-order valence-corrected chi connectivity index (χ1v) is 15.6. The van der Waals surface area contributed by atoms with Crippen LogP contribution in [-0.2, 0) is 27.8 Å². The largest absolute Gasteiger partial charge is 0.308 e. The van der Waals surface area contributed by atoms with Crippen molar-refractivity contribution >= 4 is 21.6 Å². The van der Waals surface area contributed by atoms with Crippen LogP contribution in [0.5, 0.6) is 0 Å². The number of halogens is 1. The molecule has 4 aromatic rings. The molecule has 0 fully saturated rings. The highest BCUT2D eigenvalue weighted by molar-refractivity contribution is 7.89. The van der Waals surface area contributed by atoms with E-state index in [-0.39, 0.29) is 16.7 Å². The quantitative estimate of drug-likeness (QED) is 0.276. The number of hydrogen-bond donors (Lipinski definition) is 1. The Hall–Kier alpha value is -3.59. The van der Waals surface area contributed by atoms with Crippen molar-refractivity contribution in [1.82, 2.24) is 14.7 Å². The highest BCUT2D eigenvalue weighted by atomic mass is 35.5. The number of carbonyl (C=O) groups excluding carboxylic acids is 1. The van der Waals surface area contributed by atoms with Gasteiger partial charge >= 0.3 is 0 Å². The molecule has 0 bridgehead atoms. The summed E-state index contributed by atoms with van der Waals surface area (Å²) in [5.74, 6) is 0.657. The van der Waals surface area contributed by atoms with Crippen LogP contribution in [0.1, 0.15) is 66.2 Å². The van der Waals surface area contributed by atoms with Crippen LogP contribution in [-0.4, -0.2) is 24.3 Å². The monoisotopic (exact) mass is 589 g/mol. The molecule has 7 nitrogen and oxygen atoms in total. The maximum atomic E-state index is 13.9. The molecule has 1 amide bonds. The number of benzene rings is 3. The summed E-state index contributed by atoms with van der Waals surface area (Å²) in [6, 6.07) is 21.9. The van der Waals surface area contributed by atoms with E-state index in [0.717, 1.165) is 35.1 Å². The fraction of sp³-hybridized carbons (Fsp3) is 0.281. The zero-order chi connectivity index (χ0) is 29.0. The van der Waals surface area contributed by atoms with Crippen LogP contribution >= 0.6 is 0 Å². The maximum absolute atomic E-state index is 13.9.